The number of hydrogen-bond donors (Lipinski definition) is 3. The number of halogens is 3. The Balaban J connectivity index is 2.63. The van der Waals surface area contributed by atoms with Gasteiger partial charge in [0.2, 0.25) is 0 Å². The summed E-state index contributed by atoms with van der Waals surface area (Å²) in [5, 5.41) is 15.9. The van der Waals surface area contributed by atoms with E-state index in [0.717, 1.165) is 19.3 Å². The Morgan fingerprint density at radius 3 is 2.39 bits per heavy atom. The van der Waals surface area contributed by atoms with Crippen LogP contribution in [-0.4, -0.2) is 47.8 Å². The number of aliphatic hydroxyl groups is 1. The fraction of sp³-hybridized carbons (Fsp3) is 0.909. The average molecular weight is 267 g/mol. The largest absolute Gasteiger partial charge is 0.399 e. The van der Waals surface area contributed by atoms with Gasteiger partial charge in [0.25, 0.3) is 0 Å². The molecule has 0 aromatic heterocycles. The molecule has 1 atom stereocenters. The van der Waals surface area contributed by atoms with Crippen LogP contribution in [0.5, 0.6) is 0 Å². The van der Waals surface area contributed by atoms with Crippen LogP contribution in [0.25, 0.3) is 0 Å². The third-order valence-corrected chi connectivity index (χ3v) is 3.38. The molecule has 4 nitrogen and oxygen atoms in total. The summed E-state index contributed by atoms with van der Waals surface area (Å²) in [5.74, 6) is -2.74. The number of aliphatic hydroxyl groups excluding tert-OH is 1. The number of rotatable bonds is 7. The van der Waals surface area contributed by atoms with Crippen LogP contribution in [0.15, 0.2) is 0 Å². The highest BCUT2D eigenvalue weighted by Crippen LogP contribution is 2.31. The van der Waals surface area contributed by atoms with E-state index in [2.05, 4.69) is 0 Å². The van der Waals surface area contributed by atoms with Crippen LogP contribution in [0, 0.1) is 11.3 Å². The van der Waals surface area contributed by atoms with Gasteiger partial charge in [0.05, 0.1) is 0 Å². The highest BCUT2D eigenvalue weighted by atomic mass is 19.4. The molecule has 0 aromatic carbocycles. The first kappa shape index (κ1) is 15.2. The summed E-state index contributed by atoms with van der Waals surface area (Å²) in [5.41, 5.74) is 5.05. The van der Waals surface area contributed by atoms with E-state index in [9.17, 15) is 13.2 Å². The lowest BCUT2D eigenvalue weighted by Crippen LogP contribution is -2.49. The van der Waals surface area contributed by atoms with Crippen molar-refractivity contribution in [2.24, 2.45) is 11.7 Å². The van der Waals surface area contributed by atoms with Gasteiger partial charge in [0.1, 0.15) is 11.8 Å². The summed E-state index contributed by atoms with van der Waals surface area (Å²) in [6.07, 6.45) is -1.25. The van der Waals surface area contributed by atoms with Crippen molar-refractivity contribution in [2.75, 3.05) is 19.7 Å². The number of nitrogens with two attached hydrogens (primary N) is 1. The zero-order valence-electron chi connectivity index (χ0n) is 10.2. The van der Waals surface area contributed by atoms with Crippen molar-refractivity contribution in [2.45, 2.75) is 37.9 Å². The molecule has 1 unspecified atom stereocenters. The molecule has 0 aromatic rings. The number of alkyl halides is 3. The molecule has 7 heteroatoms. The van der Waals surface area contributed by atoms with Gasteiger partial charge in [-0.15, -0.1) is 0 Å². The van der Waals surface area contributed by atoms with Crippen LogP contribution in [0.1, 0.15) is 25.7 Å². The Morgan fingerprint density at radius 1 is 1.44 bits per heavy atom. The minimum atomic E-state index is -4.48. The topological polar surface area (TPSA) is 73.3 Å². The predicted molar refractivity (Wildman–Crippen MR) is 62.4 cm³/mol. The number of nitrogens with zero attached hydrogens (tertiary/aromatic N) is 1. The van der Waals surface area contributed by atoms with Crippen molar-refractivity contribution < 1.29 is 18.3 Å². The Bertz CT molecular complexity index is 279. The van der Waals surface area contributed by atoms with E-state index in [0.29, 0.717) is 13.0 Å². The van der Waals surface area contributed by atoms with Crippen molar-refractivity contribution in [3.63, 3.8) is 0 Å². The maximum atomic E-state index is 12.7. The SMILES string of the molecule is N=C(N)C(CN(CCCO)C1CCC1)C(F)(F)F. The van der Waals surface area contributed by atoms with E-state index in [4.69, 9.17) is 16.2 Å². The molecule has 0 bridgehead atoms. The van der Waals surface area contributed by atoms with E-state index in [1.165, 1.54) is 0 Å². The van der Waals surface area contributed by atoms with Crippen molar-refractivity contribution in [3.05, 3.63) is 0 Å². The van der Waals surface area contributed by atoms with Gasteiger partial charge in [0.15, 0.2) is 0 Å². The molecule has 0 saturated heterocycles. The molecule has 0 radical (unpaired) electrons. The zero-order valence-corrected chi connectivity index (χ0v) is 10.2. The standard InChI is InChI=1S/C11H20F3N3O/c12-11(13,14)9(10(15)16)7-17(5-2-6-18)8-3-1-4-8/h8-9,18H,1-7H2,(H3,15,16). The van der Waals surface area contributed by atoms with Crippen LogP contribution in [0.2, 0.25) is 0 Å². The molecule has 0 spiro atoms. The number of amidine groups is 1. The van der Waals surface area contributed by atoms with Crippen molar-refractivity contribution >= 4 is 5.84 Å². The van der Waals surface area contributed by atoms with Crippen molar-refractivity contribution in [3.8, 4) is 0 Å². The number of hydrogen-bond acceptors (Lipinski definition) is 3. The molecular weight excluding hydrogens is 247 g/mol. The van der Waals surface area contributed by atoms with E-state index in [-0.39, 0.29) is 19.2 Å². The molecule has 0 amide bonds. The zero-order chi connectivity index (χ0) is 13.8. The summed E-state index contributed by atoms with van der Waals surface area (Å²) in [4.78, 5) is 1.71. The second-order valence-corrected chi connectivity index (χ2v) is 4.71. The van der Waals surface area contributed by atoms with Crippen molar-refractivity contribution in [1.29, 1.82) is 5.41 Å². The first-order valence-electron chi connectivity index (χ1n) is 6.11. The van der Waals surface area contributed by atoms with Gasteiger partial charge in [-0.2, -0.15) is 13.2 Å². The fourth-order valence-corrected chi connectivity index (χ4v) is 2.06. The summed E-state index contributed by atoms with van der Waals surface area (Å²) in [6, 6.07) is 0.140. The normalized spacial score (nSPS) is 18.7. The summed E-state index contributed by atoms with van der Waals surface area (Å²) < 4.78 is 38.2. The third kappa shape index (κ3) is 4.13. The quantitative estimate of drug-likeness (QED) is 0.481. The maximum Gasteiger partial charge on any atom is 0.399 e. The molecule has 0 heterocycles. The first-order chi connectivity index (χ1) is 8.36. The van der Waals surface area contributed by atoms with Crippen LogP contribution in [-0.2, 0) is 0 Å². The lowest BCUT2D eigenvalue weighted by Gasteiger charge is -2.39. The molecule has 0 aliphatic heterocycles. The Kier molecular flexibility index (Phi) is 5.40. The van der Waals surface area contributed by atoms with Gasteiger partial charge in [-0.05, 0) is 19.3 Å². The Morgan fingerprint density at radius 2 is 2.06 bits per heavy atom. The lowest BCUT2D eigenvalue weighted by atomic mass is 9.90. The maximum absolute atomic E-state index is 12.7. The van der Waals surface area contributed by atoms with Crippen LogP contribution >= 0.6 is 0 Å². The van der Waals surface area contributed by atoms with Crippen LogP contribution in [0.4, 0.5) is 13.2 Å². The fourth-order valence-electron chi connectivity index (χ4n) is 2.06. The highest BCUT2D eigenvalue weighted by molar-refractivity contribution is 5.80. The molecular formula is C11H20F3N3O. The smallest absolute Gasteiger partial charge is 0.396 e. The highest BCUT2D eigenvalue weighted by Gasteiger charge is 2.43. The van der Waals surface area contributed by atoms with E-state index in [1.54, 1.807) is 4.90 Å². The molecule has 18 heavy (non-hydrogen) atoms. The molecule has 106 valence electrons. The molecule has 1 saturated carbocycles. The molecule has 4 N–H and O–H groups in total. The van der Waals surface area contributed by atoms with Gasteiger partial charge in [0, 0.05) is 25.7 Å². The second kappa shape index (κ2) is 6.38. The summed E-state index contributed by atoms with van der Waals surface area (Å²) >= 11 is 0. The van der Waals surface area contributed by atoms with Crippen LogP contribution < -0.4 is 5.73 Å². The third-order valence-electron chi connectivity index (χ3n) is 3.38. The Labute approximate surface area is 104 Å². The van der Waals surface area contributed by atoms with E-state index in [1.807, 2.05) is 0 Å². The number of nitrogens with one attached hydrogen (secondary N) is 1. The molecule has 1 aliphatic rings. The van der Waals surface area contributed by atoms with E-state index >= 15 is 0 Å². The molecule has 1 aliphatic carbocycles. The lowest BCUT2D eigenvalue weighted by molar-refractivity contribution is -0.162. The van der Waals surface area contributed by atoms with Gasteiger partial charge in [-0.3, -0.25) is 10.3 Å². The van der Waals surface area contributed by atoms with Gasteiger partial charge < -0.3 is 10.8 Å². The Hall–Kier alpha value is -0.820. The van der Waals surface area contributed by atoms with Crippen molar-refractivity contribution in [1.82, 2.24) is 4.90 Å². The first-order valence-corrected chi connectivity index (χ1v) is 6.11. The second-order valence-electron chi connectivity index (χ2n) is 4.71. The van der Waals surface area contributed by atoms with Gasteiger partial charge in [-0.1, -0.05) is 6.42 Å². The molecule has 1 fully saturated rings. The van der Waals surface area contributed by atoms with E-state index < -0.39 is 17.9 Å². The van der Waals surface area contributed by atoms with Crippen LogP contribution in [0.3, 0.4) is 0 Å². The monoisotopic (exact) mass is 267 g/mol. The average Bonchev–Trinajstić information content (AvgIpc) is 2.16. The minimum Gasteiger partial charge on any atom is -0.396 e. The van der Waals surface area contributed by atoms with Gasteiger partial charge in [-0.25, -0.2) is 0 Å². The molecule has 1 rings (SSSR count). The minimum absolute atomic E-state index is 0.0417. The predicted octanol–water partition coefficient (Wildman–Crippen LogP) is 1.34. The summed E-state index contributed by atoms with van der Waals surface area (Å²) in [7, 11) is 0. The van der Waals surface area contributed by atoms with Gasteiger partial charge >= 0.3 is 6.18 Å². The summed E-state index contributed by atoms with van der Waals surface area (Å²) in [6.45, 7) is 0.102.